The second kappa shape index (κ2) is 6.09. The quantitative estimate of drug-likeness (QED) is 0.794. The Morgan fingerprint density at radius 1 is 1.53 bits per heavy atom. The Morgan fingerprint density at radius 2 is 2.24 bits per heavy atom. The molecule has 3 nitrogen and oxygen atoms in total. The van der Waals surface area contributed by atoms with Gasteiger partial charge in [-0.25, -0.2) is 0 Å². The molecule has 0 aromatic heterocycles. The van der Waals surface area contributed by atoms with Crippen LogP contribution in [0.15, 0.2) is 30.9 Å². The second-order valence-corrected chi connectivity index (χ2v) is 4.06. The zero-order valence-corrected chi connectivity index (χ0v) is 10.4. The Hall–Kier alpha value is -1.77. The lowest BCUT2D eigenvalue weighted by Gasteiger charge is -2.20. The van der Waals surface area contributed by atoms with Crippen molar-refractivity contribution in [1.29, 1.82) is 0 Å². The highest BCUT2D eigenvalue weighted by atomic mass is 16.3. The maximum atomic E-state index is 12.2. The summed E-state index contributed by atoms with van der Waals surface area (Å²) >= 11 is 0. The minimum atomic E-state index is -0.149. The summed E-state index contributed by atoms with van der Waals surface area (Å²) in [6.07, 6.45) is 2.57. The molecule has 1 aromatic rings. The van der Waals surface area contributed by atoms with Gasteiger partial charge in [0.05, 0.1) is 5.56 Å². The number of carbonyl (C=O) groups excluding carboxylic acids is 1. The van der Waals surface area contributed by atoms with E-state index in [0.717, 1.165) is 12.0 Å². The molecular formula is C14H19NO2. The second-order valence-electron chi connectivity index (χ2n) is 4.06. The van der Waals surface area contributed by atoms with Crippen LogP contribution in [0, 0.1) is 6.92 Å². The Balaban J connectivity index is 2.96. The third kappa shape index (κ3) is 3.34. The molecule has 1 rings (SSSR count). The van der Waals surface area contributed by atoms with Crippen LogP contribution in [-0.4, -0.2) is 29.0 Å². The van der Waals surface area contributed by atoms with E-state index in [0.29, 0.717) is 18.7 Å². The molecule has 1 amide bonds. The van der Waals surface area contributed by atoms with E-state index in [1.165, 1.54) is 0 Å². The van der Waals surface area contributed by atoms with Crippen molar-refractivity contribution in [2.75, 3.05) is 13.1 Å². The van der Waals surface area contributed by atoms with Gasteiger partial charge in [0, 0.05) is 13.1 Å². The van der Waals surface area contributed by atoms with Gasteiger partial charge >= 0.3 is 0 Å². The maximum Gasteiger partial charge on any atom is 0.257 e. The lowest BCUT2D eigenvalue weighted by molar-refractivity contribution is 0.0771. The van der Waals surface area contributed by atoms with Gasteiger partial charge in [0.25, 0.3) is 5.91 Å². The summed E-state index contributed by atoms with van der Waals surface area (Å²) in [7, 11) is 0. The molecular weight excluding hydrogens is 214 g/mol. The van der Waals surface area contributed by atoms with Gasteiger partial charge in [-0.3, -0.25) is 4.79 Å². The number of aromatic hydroxyl groups is 1. The van der Waals surface area contributed by atoms with E-state index < -0.39 is 0 Å². The molecule has 0 aliphatic heterocycles. The predicted molar refractivity (Wildman–Crippen MR) is 69.2 cm³/mol. The van der Waals surface area contributed by atoms with Gasteiger partial charge in [-0.1, -0.05) is 19.1 Å². The van der Waals surface area contributed by atoms with Gasteiger partial charge in [-0.2, -0.15) is 0 Å². The number of phenolic OH excluding ortho intramolecular Hbond substituents is 1. The average Bonchev–Trinajstić information content (AvgIpc) is 2.28. The number of benzene rings is 1. The summed E-state index contributed by atoms with van der Waals surface area (Å²) in [6.45, 7) is 8.69. The van der Waals surface area contributed by atoms with Crippen LogP contribution in [0.4, 0.5) is 0 Å². The first kappa shape index (κ1) is 13.3. The molecule has 0 spiro atoms. The van der Waals surface area contributed by atoms with Gasteiger partial charge in [0.2, 0.25) is 0 Å². The molecule has 0 unspecified atom stereocenters. The molecule has 0 aliphatic carbocycles. The first-order valence-corrected chi connectivity index (χ1v) is 5.80. The van der Waals surface area contributed by atoms with Crippen LogP contribution in [0.2, 0.25) is 0 Å². The van der Waals surface area contributed by atoms with Crippen LogP contribution in [0.3, 0.4) is 0 Å². The van der Waals surface area contributed by atoms with E-state index in [1.807, 2.05) is 19.9 Å². The topological polar surface area (TPSA) is 40.5 Å². The lowest BCUT2D eigenvalue weighted by atomic mass is 10.1. The number of phenols is 1. The Morgan fingerprint density at radius 3 is 2.76 bits per heavy atom. The molecule has 0 saturated heterocycles. The monoisotopic (exact) mass is 233 g/mol. The molecule has 0 aliphatic rings. The molecule has 0 saturated carbocycles. The first-order chi connectivity index (χ1) is 8.10. The standard InChI is InChI=1S/C14H19NO2/c1-4-8-15(9-5-2)14(17)12-7-6-11(3)10-13(12)16/h4,6-7,10,16H,1,5,8-9H2,2-3H3. The van der Waals surface area contributed by atoms with Crippen LogP contribution in [0.25, 0.3) is 0 Å². The van der Waals surface area contributed by atoms with Crippen molar-refractivity contribution in [3.05, 3.63) is 42.0 Å². The van der Waals surface area contributed by atoms with Gasteiger partial charge < -0.3 is 10.0 Å². The maximum absolute atomic E-state index is 12.2. The fraction of sp³-hybridized carbons (Fsp3) is 0.357. The fourth-order valence-electron chi connectivity index (χ4n) is 1.69. The number of rotatable bonds is 5. The number of carbonyl (C=O) groups is 1. The van der Waals surface area contributed by atoms with Crippen molar-refractivity contribution in [2.24, 2.45) is 0 Å². The highest BCUT2D eigenvalue weighted by Crippen LogP contribution is 2.20. The van der Waals surface area contributed by atoms with E-state index in [4.69, 9.17) is 0 Å². The molecule has 0 heterocycles. The van der Waals surface area contributed by atoms with Crippen LogP contribution in [0.1, 0.15) is 29.3 Å². The molecule has 92 valence electrons. The summed E-state index contributed by atoms with van der Waals surface area (Å²) in [5, 5.41) is 9.77. The molecule has 17 heavy (non-hydrogen) atoms. The zero-order chi connectivity index (χ0) is 12.8. The molecule has 3 heteroatoms. The Labute approximate surface area is 102 Å². The minimum Gasteiger partial charge on any atom is -0.507 e. The summed E-state index contributed by atoms with van der Waals surface area (Å²) < 4.78 is 0. The van der Waals surface area contributed by atoms with Crippen LogP contribution < -0.4 is 0 Å². The third-order valence-electron chi connectivity index (χ3n) is 2.51. The summed E-state index contributed by atoms with van der Waals surface area (Å²) in [5.74, 6) is -0.107. The van der Waals surface area contributed by atoms with E-state index in [2.05, 4.69) is 6.58 Å². The molecule has 0 atom stereocenters. The van der Waals surface area contributed by atoms with E-state index >= 15 is 0 Å². The molecule has 1 aromatic carbocycles. The van der Waals surface area contributed by atoms with Gasteiger partial charge in [0.15, 0.2) is 0 Å². The van der Waals surface area contributed by atoms with Crippen molar-refractivity contribution in [3.8, 4) is 5.75 Å². The minimum absolute atomic E-state index is 0.0418. The van der Waals surface area contributed by atoms with E-state index in [-0.39, 0.29) is 11.7 Å². The van der Waals surface area contributed by atoms with E-state index in [9.17, 15) is 9.90 Å². The first-order valence-electron chi connectivity index (χ1n) is 5.80. The zero-order valence-electron chi connectivity index (χ0n) is 10.4. The number of hydrogen-bond donors (Lipinski definition) is 1. The molecule has 0 bridgehead atoms. The molecule has 0 fully saturated rings. The van der Waals surface area contributed by atoms with Crippen molar-refractivity contribution >= 4 is 5.91 Å². The predicted octanol–water partition coefficient (Wildman–Crippen LogP) is 2.74. The lowest BCUT2D eigenvalue weighted by Crippen LogP contribution is -2.31. The summed E-state index contributed by atoms with van der Waals surface area (Å²) in [4.78, 5) is 13.9. The largest absolute Gasteiger partial charge is 0.507 e. The number of aryl methyl sites for hydroxylation is 1. The van der Waals surface area contributed by atoms with E-state index in [1.54, 1.807) is 23.1 Å². The van der Waals surface area contributed by atoms with Crippen molar-refractivity contribution in [1.82, 2.24) is 4.90 Å². The number of nitrogens with zero attached hydrogens (tertiary/aromatic N) is 1. The number of hydrogen-bond acceptors (Lipinski definition) is 2. The highest BCUT2D eigenvalue weighted by Gasteiger charge is 2.17. The average molecular weight is 233 g/mol. The van der Waals surface area contributed by atoms with Gasteiger partial charge in [-0.05, 0) is 31.0 Å². The third-order valence-corrected chi connectivity index (χ3v) is 2.51. The smallest absolute Gasteiger partial charge is 0.257 e. The normalized spacial score (nSPS) is 10.0. The number of amides is 1. The summed E-state index contributed by atoms with van der Waals surface area (Å²) in [6, 6.07) is 5.09. The van der Waals surface area contributed by atoms with Crippen LogP contribution in [0.5, 0.6) is 5.75 Å². The molecule has 1 N–H and O–H groups in total. The van der Waals surface area contributed by atoms with Gasteiger partial charge in [0.1, 0.15) is 5.75 Å². The Kier molecular flexibility index (Phi) is 4.76. The van der Waals surface area contributed by atoms with Crippen LogP contribution >= 0.6 is 0 Å². The van der Waals surface area contributed by atoms with Crippen molar-refractivity contribution in [3.63, 3.8) is 0 Å². The van der Waals surface area contributed by atoms with Gasteiger partial charge in [-0.15, -0.1) is 6.58 Å². The fourth-order valence-corrected chi connectivity index (χ4v) is 1.69. The molecule has 0 radical (unpaired) electrons. The Bertz CT molecular complexity index is 413. The van der Waals surface area contributed by atoms with Crippen LogP contribution in [-0.2, 0) is 0 Å². The highest BCUT2D eigenvalue weighted by molar-refractivity contribution is 5.97. The van der Waals surface area contributed by atoms with Crippen molar-refractivity contribution in [2.45, 2.75) is 20.3 Å². The van der Waals surface area contributed by atoms with Crippen molar-refractivity contribution < 1.29 is 9.90 Å². The SMILES string of the molecule is C=CCN(CCC)C(=O)c1ccc(C)cc1O. The summed E-state index contributed by atoms with van der Waals surface area (Å²) in [5.41, 5.74) is 1.29.